The van der Waals surface area contributed by atoms with Crippen molar-refractivity contribution in [3.63, 3.8) is 0 Å². The zero-order chi connectivity index (χ0) is 17.3. The van der Waals surface area contributed by atoms with Crippen LogP contribution in [-0.4, -0.2) is 45.2 Å². The van der Waals surface area contributed by atoms with E-state index in [2.05, 4.69) is 17.9 Å². The summed E-state index contributed by atoms with van der Waals surface area (Å²) in [5.74, 6) is 4.72. The van der Waals surface area contributed by atoms with Crippen LogP contribution in [0.4, 0.5) is 0 Å². The van der Waals surface area contributed by atoms with Gasteiger partial charge in [0.15, 0.2) is 0 Å². The molecule has 0 fully saturated rings. The van der Waals surface area contributed by atoms with E-state index in [1.54, 1.807) is 0 Å². The monoisotopic (exact) mass is 324 g/mol. The molecule has 0 aliphatic rings. The third-order valence-electron chi connectivity index (χ3n) is 3.10. The number of carboxylic acids is 1. The molecule has 0 aromatic heterocycles. The number of allylic oxidation sites excluding steroid dienone is 2. The molecule has 23 heavy (non-hydrogen) atoms. The lowest BCUT2D eigenvalue weighted by atomic mass is 10.1. The van der Waals surface area contributed by atoms with E-state index >= 15 is 0 Å². The first kappa shape index (κ1) is 21.4. The first-order chi connectivity index (χ1) is 11.1. The van der Waals surface area contributed by atoms with Crippen LogP contribution < -0.4 is 0 Å². The van der Waals surface area contributed by atoms with Crippen LogP contribution in [0.2, 0.25) is 0 Å². The highest BCUT2D eigenvalue weighted by atomic mass is 16.4. The molecule has 5 heteroatoms. The van der Waals surface area contributed by atoms with Crippen molar-refractivity contribution in [2.75, 3.05) is 6.61 Å². The van der Waals surface area contributed by atoms with Crippen LogP contribution in [0, 0.1) is 11.8 Å². The summed E-state index contributed by atoms with van der Waals surface area (Å²) in [5, 5.41) is 35.6. The van der Waals surface area contributed by atoms with Gasteiger partial charge in [-0.2, -0.15) is 0 Å². The summed E-state index contributed by atoms with van der Waals surface area (Å²) in [6.45, 7) is -0.376. The number of hydrogen-bond acceptors (Lipinski definition) is 4. The number of carbonyl (C=O) groups is 1. The Morgan fingerprint density at radius 3 is 2.39 bits per heavy atom. The largest absolute Gasteiger partial charge is 0.481 e. The Bertz CT molecular complexity index is 417. The van der Waals surface area contributed by atoms with E-state index in [0.29, 0.717) is 6.42 Å². The molecule has 0 rings (SSSR count). The van der Waals surface area contributed by atoms with Gasteiger partial charge in [0, 0.05) is 12.8 Å². The van der Waals surface area contributed by atoms with E-state index in [0.717, 1.165) is 38.5 Å². The van der Waals surface area contributed by atoms with Crippen molar-refractivity contribution in [2.45, 2.75) is 63.6 Å². The fourth-order valence-corrected chi connectivity index (χ4v) is 1.83. The predicted molar refractivity (Wildman–Crippen MR) is 89.7 cm³/mol. The van der Waals surface area contributed by atoms with Crippen LogP contribution in [-0.2, 0) is 4.79 Å². The molecule has 2 atom stereocenters. The number of aliphatic hydroxyl groups excluding tert-OH is 3. The first-order valence-electron chi connectivity index (χ1n) is 8.06. The third kappa shape index (κ3) is 16.6. The Morgan fingerprint density at radius 2 is 1.70 bits per heavy atom. The average molecular weight is 324 g/mol. The van der Waals surface area contributed by atoms with Crippen molar-refractivity contribution < 1.29 is 25.2 Å². The highest BCUT2D eigenvalue weighted by Crippen LogP contribution is 2.07. The number of carboxylic acid groups (broad SMARTS) is 1. The molecule has 5 nitrogen and oxygen atoms in total. The molecule has 2 unspecified atom stereocenters. The summed E-state index contributed by atoms with van der Waals surface area (Å²) in [7, 11) is 0. The number of hydrogen-bond donors (Lipinski definition) is 4. The van der Waals surface area contributed by atoms with Gasteiger partial charge in [-0.15, -0.1) is 0 Å². The van der Waals surface area contributed by atoms with E-state index < -0.39 is 18.2 Å². The molecule has 0 amide bonds. The van der Waals surface area contributed by atoms with Crippen LogP contribution >= 0.6 is 0 Å². The molecule has 0 spiro atoms. The summed E-state index contributed by atoms with van der Waals surface area (Å²) in [6.07, 6.45) is 11.6. The molecular formula is C18H28O5. The van der Waals surface area contributed by atoms with E-state index in [9.17, 15) is 9.90 Å². The molecule has 0 aliphatic heterocycles. The Hall–Kier alpha value is -1.61. The maximum atomic E-state index is 10.3. The molecule has 0 aromatic carbocycles. The lowest BCUT2D eigenvalue weighted by Gasteiger charge is -1.99. The van der Waals surface area contributed by atoms with E-state index in [1.165, 1.54) is 12.2 Å². The highest BCUT2D eigenvalue weighted by Gasteiger charge is 1.97. The molecule has 0 bridgehead atoms. The Balaban J connectivity index is 3.56. The minimum atomic E-state index is -0.963. The fraction of sp³-hybridized carbons (Fsp3) is 0.611. The number of unbranched alkanes of at least 4 members (excludes halogenated alkanes) is 5. The van der Waals surface area contributed by atoms with Gasteiger partial charge in [-0.05, 0) is 25.3 Å². The Kier molecular flexibility index (Phi) is 14.2. The third-order valence-corrected chi connectivity index (χ3v) is 3.10. The second-order valence-electron chi connectivity index (χ2n) is 5.28. The van der Waals surface area contributed by atoms with Gasteiger partial charge in [0.05, 0.1) is 12.7 Å². The maximum absolute atomic E-state index is 10.3. The Labute approximate surface area is 138 Å². The predicted octanol–water partition coefficient (Wildman–Crippen LogP) is 2.02. The molecule has 0 saturated heterocycles. The van der Waals surface area contributed by atoms with E-state index in [1.807, 2.05) is 6.08 Å². The molecule has 0 aliphatic carbocycles. The van der Waals surface area contributed by atoms with Gasteiger partial charge in [0.25, 0.3) is 0 Å². The summed E-state index contributed by atoms with van der Waals surface area (Å²) < 4.78 is 0. The van der Waals surface area contributed by atoms with Gasteiger partial charge in [-0.25, -0.2) is 0 Å². The molecular weight excluding hydrogens is 296 g/mol. The maximum Gasteiger partial charge on any atom is 0.303 e. The van der Waals surface area contributed by atoms with Crippen molar-refractivity contribution in [2.24, 2.45) is 0 Å². The van der Waals surface area contributed by atoms with Gasteiger partial charge >= 0.3 is 5.97 Å². The van der Waals surface area contributed by atoms with Crippen LogP contribution in [0.3, 0.4) is 0 Å². The van der Waals surface area contributed by atoms with Gasteiger partial charge in [-0.1, -0.05) is 49.3 Å². The normalized spacial score (nSPS) is 13.9. The van der Waals surface area contributed by atoms with Crippen LogP contribution in [0.25, 0.3) is 0 Å². The van der Waals surface area contributed by atoms with Gasteiger partial charge in [-0.3, -0.25) is 4.79 Å². The molecule has 0 saturated carbocycles. The SMILES string of the molecule is O=C(O)CCCCCCC/C=C\CC#CC(O)/C=C/C(O)CO. The van der Waals surface area contributed by atoms with Gasteiger partial charge in [0.1, 0.15) is 6.10 Å². The lowest BCUT2D eigenvalue weighted by Crippen LogP contribution is -2.09. The van der Waals surface area contributed by atoms with Crippen molar-refractivity contribution in [1.82, 2.24) is 0 Å². The molecule has 130 valence electrons. The number of aliphatic carboxylic acids is 1. The summed E-state index contributed by atoms with van der Waals surface area (Å²) in [6, 6.07) is 0. The summed E-state index contributed by atoms with van der Waals surface area (Å²) in [4.78, 5) is 10.3. The van der Waals surface area contributed by atoms with E-state index in [4.69, 9.17) is 15.3 Å². The van der Waals surface area contributed by atoms with Crippen molar-refractivity contribution in [1.29, 1.82) is 0 Å². The zero-order valence-electron chi connectivity index (χ0n) is 13.5. The van der Waals surface area contributed by atoms with Gasteiger partial charge < -0.3 is 20.4 Å². The standard InChI is InChI=1S/C18H28O5/c19-15-17(21)14-13-16(20)11-9-7-5-3-1-2-4-6-8-10-12-18(22)23/h3,5,13-14,16-17,19-21H,1-2,4,6-8,10,12,15H2,(H,22,23)/b5-3-,14-13+. The lowest BCUT2D eigenvalue weighted by molar-refractivity contribution is -0.137. The van der Waals surface area contributed by atoms with Crippen molar-refractivity contribution in [3.8, 4) is 11.8 Å². The Morgan fingerprint density at radius 1 is 1.00 bits per heavy atom. The van der Waals surface area contributed by atoms with Crippen LogP contribution in [0.15, 0.2) is 24.3 Å². The number of aliphatic hydroxyl groups is 3. The highest BCUT2D eigenvalue weighted by molar-refractivity contribution is 5.66. The molecule has 0 heterocycles. The number of rotatable bonds is 12. The van der Waals surface area contributed by atoms with Crippen LogP contribution in [0.5, 0.6) is 0 Å². The minimum Gasteiger partial charge on any atom is -0.481 e. The van der Waals surface area contributed by atoms with Gasteiger partial charge in [0.2, 0.25) is 0 Å². The van der Waals surface area contributed by atoms with E-state index in [-0.39, 0.29) is 13.0 Å². The quantitative estimate of drug-likeness (QED) is 0.250. The summed E-state index contributed by atoms with van der Waals surface area (Å²) >= 11 is 0. The zero-order valence-corrected chi connectivity index (χ0v) is 13.5. The topological polar surface area (TPSA) is 98.0 Å². The van der Waals surface area contributed by atoms with Crippen molar-refractivity contribution >= 4 is 5.97 Å². The molecule has 0 radical (unpaired) electrons. The fourth-order valence-electron chi connectivity index (χ4n) is 1.83. The second-order valence-corrected chi connectivity index (χ2v) is 5.28. The van der Waals surface area contributed by atoms with Crippen LogP contribution in [0.1, 0.15) is 51.4 Å². The second kappa shape index (κ2) is 15.3. The summed E-state index contributed by atoms with van der Waals surface area (Å²) in [5.41, 5.74) is 0. The average Bonchev–Trinajstić information content (AvgIpc) is 2.53. The first-order valence-corrected chi connectivity index (χ1v) is 8.06. The molecule has 0 aromatic rings. The minimum absolute atomic E-state index is 0.262. The van der Waals surface area contributed by atoms with Crippen molar-refractivity contribution in [3.05, 3.63) is 24.3 Å². The smallest absolute Gasteiger partial charge is 0.303 e. The molecule has 4 N–H and O–H groups in total.